The van der Waals surface area contributed by atoms with E-state index in [2.05, 4.69) is 4.98 Å². The van der Waals surface area contributed by atoms with Gasteiger partial charge in [0.2, 0.25) is 0 Å². The first-order chi connectivity index (χ1) is 17.9. The summed E-state index contributed by atoms with van der Waals surface area (Å²) in [5, 5.41) is -0.109. The number of nitrogens with zero attached hydrogens (tertiary/aromatic N) is 2. The van der Waals surface area contributed by atoms with Crippen LogP contribution in [0.2, 0.25) is 5.02 Å². The van der Waals surface area contributed by atoms with Gasteiger partial charge >= 0.3 is 0 Å². The summed E-state index contributed by atoms with van der Waals surface area (Å²) in [5.41, 5.74) is 0.121. The molecule has 4 aromatic rings. The van der Waals surface area contributed by atoms with Gasteiger partial charge in [-0.15, -0.1) is 0 Å². The Labute approximate surface area is 222 Å². The summed E-state index contributed by atoms with van der Waals surface area (Å²) in [4.78, 5) is 16.9. The van der Waals surface area contributed by atoms with Crippen molar-refractivity contribution in [1.82, 2.24) is 9.55 Å². The number of pyridine rings is 2. The van der Waals surface area contributed by atoms with Gasteiger partial charge < -0.3 is 0 Å². The van der Waals surface area contributed by atoms with E-state index in [4.69, 9.17) is 11.6 Å². The highest BCUT2D eigenvalue weighted by atomic mass is 35.5. The molecule has 5 rings (SSSR count). The number of hydrogen-bond acceptors (Lipinski definition) is 4. The van der Waals surface area contributed by atoms with Gasteiger partial charge in [0.25, 0.3) is 5.56 Å². The van der Waals surface area contributed by atoms with Gasteiger partial charge in [0.1, 0.15) is 21.4 Å². The predicted molar refractivity (Wildman–Crippen MR) is 139 cm³/mol. The fourth-order valence-corrected chi connectivity index (χ4v) is 5.99. The van der Waals surface area contributed by atoms with Gasteiger partial charge in [0, 0.05) is 23.7 Å². The van der Waals surface area contributed by atoms with Crippen molar-refractivity contribution in [3.8, 4) is 16.9 Å². The molecule has 10 heteroatoms. The Bertz CT molecular complexity index is 1790. The predicted octanol–water partition coefficient (Wildman–Crippen LogP) is 6.26. The topological polar surface area (TPSA) is 69.0 Å². The lowest BCUT2D eigenvalue weighted by Crippen LogP contribution is -2.24. The number of halogens is 4. The third-order valence-corrected chi connectivity index (χ3v) is 8.37. The molecule has 0 aliphatic heterocycles. The molecule has 1 aliphatic carbocycles. The van der Waals surface area contributed by atoms with Crippen LogP contribution in [-0.2, 0) is 9.84 Å². The van der Waals surface area contributed by atoms with Crippen LogP contribution in [0.1, 0.15) is 40.6 Å². The maximum absolute atomic E-state index is 16.0. The van der Waals surface area contributed by atoms with Crippen LogP contribution in [0.4, 0.5) is 13.2 Å². The van der Waals surface area contributed by atoms with Crippen LogP contribution in [0.3, 0.4) is 0 Å². The van der Waals surface area contributed by atoms with Crippen molar-refractivity contribution < 1.29 is 21.6 Å². The minimum absolute atomic E-state index is 0.109. The van der Waals surface area contributed by atoms with Crippen LogP contribution in [0, 0.1) is 31.3 Å². The highest BCUT2D eigenvalue weighted by Gasteiger charge is 2.43. The summed E-state index contributed by atoms with van der Waals surface area (Å²) in [6.45, 7) is 3.16. The molecule has 0 spiro atoms. The van der Waals surface area contributed by atoms with Crippen LogP contribution in [-0.4, -0.2) is 24.2 Å². The zero-order valence-electron chi connectivity index (χ0n) is 20.6. The van der Waals surface area contributed by atoms with Gasteiger partial charge in [0.05, 0.1) is 5.69 Å². The van der Waals surface area contributed by atoms with E-state index in [0.717, 1.165) is 16.9 Å². The number of benzene rings is 2. The van der Waals surface area contributed by atoms with E-state index >= 15 is 8.78 Å². The van der Waals surface area contributed by atoms with Crippen LogP contribution >= 0.6 is 11.6 Å². The highest BCUT2D eigenvalue weighted by molar-refractivity contribution is 7.90. The Kier molecular flexibility index (Phi) is 6.47. The lowest BCUT2D eigenvalue weighted by molar-refractivity contribution is 0.569. The summed E-state index contributed by atoms with van der Waals surface area (Å²) in [7, 11) is -3.92. The van der Waals surface area contributed by atoms with E-state index in [1.54, 1.807) is 38.1 Å². The molecule has 0 bridgehead atoms. The number of sulfone groups is 1. The minimum Gasteiger partial charge on any atom is -0.277 e. The van der Waals surface area contributed by atoms with Crippen LogP contribution in [0.5, 0.6) is 0 Å². The van der Waals surface area contributed by atoms with Gasteiger partial charge in [0.15, 0.2) is 21.5 Å². The first-order valence-corrected chi connectivity index (χ1v) is 14.0. The molecule has 0 radical (unpaired) electrons. The van der Waals surface area contributed by atoms with Crippen molar-refractivity contribution in [3.63, 3.8) is 0 Å². The molecule has 2 aromatic carbocycles. The van der Waals surface area contributed by atoms with Gasteiger partial charge in [-0.05, 0) is 73.1 Å². The lowest BCUT2D eigenvalue weighted by atomic mass is 10.0. The molecule has 0 saturated heterocycles. The molecule has 2 atom stereocenters. The van der Waals surface area contributed by atoms with E-state index in [-0.39, 0.29) is 39.5 Å². The molecule has 1 saturated carbocycles. The monoisotopic (exact) mass is 558 g/mol. The van der Waals surface area contributed by atoms with Crippen molar-refractivity contribution in [3.05, 3.63) is 110 Å². The molecule has 5 nitrogen and oxygen atoms in total. The van der Waals surface area contributed by atoms with Crippen molar-refractivity contribution >= 4 is 21.4 Å². The Hall–Kier alpha value is -3.43. The lowest BCUT2D eigenvalue weighted by Gasteiger charge is -2.18. The minimum atomic E-state index is -3.92. The second-order valence-corrected chi connectivity index (χ2v) is 11.9. The number of aromatic nitrogens is 2. The first-order valence-electron chi connectivity index (χ1n) is 11.7. The number of hydrogen-bond donors (Lipinski definition) is 0. The van der Waals surface area contributed by atoms with Crippen molar-refractivity contribution in [2.24, 2.45) is 0 Å². The van der Waals surface area contributed by atoms with Crippen LogP contribution in [0.15, 0.2) is 64.4 Å². The van der Waals surface area contributed by atoms with Gasteiger partial charge in [-0.3, -0.25) is 14.3 Å². The average Bonchev–Trinajstić information content (AvgIpc) is 3.64. The fraction of sp³-hybridized carbons (Fsp3) is 0.214. The average molecular weight is 559 g/mol. The molecule has 1 aliphatic rings. The second-order valence-electron chi connectivity index (χ2n) is 9.51. The zero-order valence-corrected chi connectivity index (χ0v) is 22.2. The van der Waals surface area contributed by atoms with Crippen LogP contribution in [0.25, 0.3) is 16.9 Å². The quantitative estimate of drug-likeness (QED) is 0.290. The van der Waals surface area contributed by atoms with Crippen molar-refractivity contribution in [2.75, 3.05) is 6.26 Å². The van der Waals surface area contributed by atoms with E-state index < -0.39 is 37.6 Å². The summed E-state index contributed by atoms with van der Waals surface area (Å²) >= 11 is 6.51. The Morgan fingerprint density at radius 3 is 2.34 bits per heavy atom. The fourth-order valence-electron chi connectivity index (χ4n) is 4.95. The van der Waals surface area contributed by atoms with Crippen molar-refractivity contribution in [1.29, 1.82) is 0 Å². The normalized spacial score (nSPS) is 17.0. The maximum atomic E-state index is 16.0. The molecule has 0 N–H and O–H groups in total. The van der Waals surface area contributed by atoms with E-state index in [1.165, 1.54) is 24.4 Å². The summed E-state index contributed by atoms with van der Waals surface area (Å²) in [5.74, 6) is -2.75. The standard InChI is InChI=1S/C28H22ClF3N2O3S/c1-14-13-33-26(17-8-6-10-22(24(17)31)38(3,36)37)25(32)27(14)34-15(2)11-20(23(29)28(34)35)19-12-18(19)16-7-4-5-9-21(16)30/h4-11,13,18-19H,12H2,1-3H3/t18-,19+/m1/s1. The molecule has 196 valence electrons. The summed E-state index contributed by atoms with van der Waals surface area (Å²) in [6, 6.07) is 11.7. The maximum Gasteiger partial charge on any atom is 0.274 e. The van der Waals surface area contributed by atoms with Gasteiger partial charge in [-0.2, -0.15) is 0 Å². The molecule has 0 unspecified atom stereocenters. The largest absolute Gasteiger partial charge is 0.277 e. The zero-order chi connectivity index (χ0) is 27.5. The van der Waals surface area contributed by atoms with Crippen molar-refractivity contribution in [2.45, 2.75) is 37.0 Å². The number of rotatable bonds is 5. The molecule has 38 heavy (non-hydrogen) atoms. The molecule has 2 aromatic heterocycles. The molecule has 2 heterocycles. The third-order valence-electron chi connectivity index (χ3n) is 6.87. The Balaban J connectivity index is 1.63. The highest BCUT2D eigenvalue weighted by Crippen LogP contribution is 2.56. The summed E-state index contributed by atoms with van der Waals surface area (Å²) < 4.78 is 70.5. The molecular weight excluding hydrogens is 537 g/mol. The Morgan fingerprint density at radius 2 is 1.66 bits per heavy atom. The SMILES string of the molecule is Cc1cnc(-c2cccc(S(C)(=O)=O)c2F)c(F)c1-n1c(C)cc([C@H]2C[C@@H]2c2ccccc2F)c(Cl)c1=O. The van der Waals surface area contributed by atoms with Gasteiger partial charge in [-0.1, -0.05) is 35.9 Å². The molecule has 0 amide bonds. The molecular formula is C28H22ClF3N2O3S. The van der Waals surface area contributed by atoms with Crippen LogP contribution < -0.4 is 5.56 Å². The molecule has 1 fully saturated rings. The van der Waals surface area contributed by atoms with E-state index in [1.807, 2.05) is 0 Å². The van der Waals surface area contributed by atoms with E-state index in [0.29, 0.717) is 23.2 Å². The summed E-state index contributed by atoms with van der Waals surface area (Å²) in [6.07, 6.45) is 2.75. The first kappa shape index (κ1) is 26.2. The second kappa shape index (κ2) is 9.39. The third kappa shape index (κ3) is 4.33. The number of aryl methyl sites for hydroxylation is 2. The Morgan fingerprint density at radius 1 is 0.974 bits per heavy atom. The van der Waals surface area contributed by atoms with E-state index in [9.17, 15) is 17.6 Å². The van der Waals surface area contributed by atoms with Gasteiger partial charge in [-0.25, -0.2) is 21.6 Å². The smallest absolute Gasteiger partial charge is 0.274 e.